The molecule has 0 N–H and O–H groups in total. The van der Waals surface area contributed by atoms with Crippen LogP contribution in [0.3, 0.4) is 0 Å². The minimum absolute atomic E-state index is 0.127. The van der Waals surface area contributed by atoms with E-state index in [1.54, 1.807) is 0 Å². The summed E-state index contributed by atoms with van der Waals surface area (Å²) in [5, 5.41) is 0. The maximum Gasteiger partial charge on any atom is 0.303 e. The predicted molar refractivity (Wildman–Crippen MR) is 55.3 cm³/mol. The quantitative estimate of drug-likeness (QED) is 0.623. The lowest BCUT2D eigenvalue weighted by molar-refractivity contribution is -0.153. The molecule has 3 nitrogen and oxygen atoms in total. The van der Waals surface area contributed by atoms with E-state index < -0.39 is 6.10 Å². The van der Waals surface area contributed by atoms with E-state index in [1.165, 1.54) is 13.3 Å². The maximum atomic E-state index is 12.1. The monoisotopic (exact) mass is 210 g/mol. The molecule has 2 saturated carbocycles. The van der Waals surface area contributed by atoms with E-state index in [0.29, 0.717) is 0 Å². The Morgan fingerprint density at radius 1 is 1.27 bits per heavy atom. The summed E-state index contributed by atoms with van der Waals surface area (Å²) in [6.45, 7) is 1.37. The molecule has 0 aromatic carbocycles. The summed E-state index contributed by atoms with van der Waals surface area (Å²) in [7, 11) is 0. The van der Waals surface area contributed by atoms with Crippen molar-refractivity contribution in [3.8, 4) is 0 Å². The van der Waals surface area contributed by atoms with Gasteiger partial charge in [0.25, 0.3) is 0 Å². The molecule has 2 aliphatic rings. The van der Waals surface area contributed by atoms with E-state index in [-0.39, 0.29) is 17.2 Å². The molecule has 0 bridgehead atoms. The molecule has 2 rings (SSSR count). The molecule has 1 spiro atoms. The van der Waals surface area contributed by atoms with Crippen molar-refractivity contribution in [2.75, 3.05) is 0 Å². The molecule has 2 aliphatic carbocycles. The average Bonchev–Trinajstić information content (AvgIpc) is 2.48. The number of rotatable bonds is 1. The zero-order valence-electron chi connectivity index (χ0n) is 9.25. The molecular formula is C12H18O3. The van der Waals surface area contributed by atoms with Gasteiger partial charge in [-0.3, -0.25) is 9.59 Å². The molecule has 0 aliphatic heterocycles. The van der Waals surface area contributed by atoms with Crippen LogP contribution in [-0.2, 0) is 14.3 Å². The summed E-state index contributed by atoms with van der Waals surface area (Å²) >= 11 is 0. The Kier molecular flexibility index (Phi) is 2.81. The minimum atomic E-state index is -0.444. The van der Waals surface area contributed by atoms with Crippen LogP contribution in [0.2, 0.25) is 0 Å². The molecule has 1 atom stereocenters. The number of ether oxygens (including phenoxy) is 1. The number of hydrogen-bond donors (Lipinski definition) is 0. The Hall–Kier alpha value is -0.860. The van der Waals surface area contributed by atoms with Gasteiger partial charge in [0.05, 0.1) is 0 Å². The van der Waals surface area contributed by atoms with Crippen molar-refractivity contribution in [3.63, 3.8) is 0 Å². The van der Waals surface area contributed by atoms with Gasteiger partial charge in [-0.1, -0.05) is 19.3 Å². The third-order valence-electron chi connectivity index (χ3n) is 3.82. The summed E-state index contributed by atoms with van der Waals surface area (Å²) in [6, 6.07) is 0. The number of esters is 1. The van der Waals surface area contributed by atoms with Gasteiger partial charge in [-0.15, -0.1) is 0 Å². The third-order valence-corrected chi connectivity index (χ3v) is 3.82. The van der Waals surface area contributed by atoms with Crippen LogP contribution in [0.1, 0.15) is 51.9 Å². The highest BCUT2D eigenvalue weighted by molar-refractivity contribution is 5.92. The average molecular weight is 210 g/mol. The Morgan fingerprint density at radius 2 is 1.93 bits per heavy atom. The van der Waals surface area contributed by atoms with Gasteiger partial charge in [-0.2, -0.15) is 0 Å². The van der Waals surface area contributed by atoms with Gasteiger partial charge < -0.3 is 4.74 Å². The third kappa shape index (κ3) is 1.92. The largest absolute Gasteiger partial charge is 0.455 e. The molecular weight excluding hydrogens is 192 g/mol. The normalized spacial score (nSPS) is 29.4. The van der Waals surface area contributed by atoms with E-state index in [0.717, 1.165) is 38.5 Å². The number of carbonyl (C=O) groups excluding carboxylic acids is 2. The molecule has 0 aromatic heterocycles. The van der Waals surface area contributed by atoms with Crippen LogP contribution in [0, 0.1) is 5.41 Å². The molecule has 0 radical (unpaired) electrons. The standard InChI is InChI=1S/C12H18O3/c1-9(13)15-10-5-8-12(11(10)14)6-3-2-4-7-12/h10H,2-8H2,1H3. The Balaban J connectivity index is 2.05. The van der Waals surface area contributed by atoms with Gasteiger partial charge in [-0.05, 0) is 25.7 Å². The molecule has 15 heavy (non-hydrogen) atoms. The first-order valence-electron chi connectivity index (χ1n) is 5.86. The second kappa shape index (κ2) is 3.95. The minimum Gasteiger partial charge on any atom is -0.455 e. The van der Waals surface area contributed by atoms with E-state index in [4.69, 9.17) is 4.74 Å². The highest BCUT2D eigenvalue weighted by Crippen LogP contribution is 2.47. The van der Waals surface area contributed by atoms with E-state index >= 15 is 0 Å². The van der Waals surface area contributed by atoms with Crippen molar-refractivity contribution < 1.29 is 14.3 Å². The molecule has 0 amide bonds. The number of Topliss-reactive ketones (excluding diaryl/α,β-unsaturated/α-hetero) is 1. The van der Waals surface area contributed by atoms with Crippen LogP contribution in [0.4, 0.5) is 0 Å². The van der Waals surface area contributed by atoms with Crippen LogP contribution in [-0.4, -0.2) is 17.9 Å². The summed E-state index contributed by atoms with van der Waals surface area (Å²) in [5.74, 6) is -0.140. The number of carbonyl (C=O) groups is 2. The lowest BCUT2D eigenvalue weighted by Crippen LogP contribution is -2.34. The van der Waals surface area contributed by atoms with Crippen LogP contribution >= 0.6 is 0 Å². The van der Waals surface area contributed by atoms with Crippen LogP contribution in [0.15, 0.2) is 0 Å². The van der Waals surface area contributed by atoms with Crippen LogP contribution in [0.5, 0.6) is 0 Å². The second-order valence-electron chi connectivity index (χ2n) is 4.84. The second-order valence-corrected chi connectivity index (χ2v) is 4.84. The Morgan fingerprint density at radius 3 is 2.53 bits per heavy atom. The Bertz CT molecular complexity index is 277. The van der Waals surface area contributed by atoms with Gasteiger partial charge >= 0.3 is 5.97 Å². The van der Waals surface area contributed by atoms with Crippen LogP contribution < -0.4 is 0 Å². The molecule has 1 unspecified atom stereocenters. The highest BCUT2D eigenvalue weighted by atomic mass is 16.5. The van der Waals surface area contributed by atoms with Crippen molar-refractivity contribution >= 4 is 11.8 Å². The topological polar surface area (TPSA) is 43.4 Å². The highest BCUT2D eigenvalue weighted by Gasteiger charge is 2.49. The molecule has 2 fully saturated rings. The maximum absolute atomic E-state index is 12.1. The summed E-state index contributed by atoms with van der Waals surface area (Å²) in [6.07, 6.45) is 6.76. The molecule has 0 saturated heterocycles. The van der Waals surface area contributed by atoms with Crippen molar-refractivity contribution in [2.45, 2.75) is 58.0 Å². The fraction of sp³-hybridized carbons (Fsp3) is 0.833. The van der Waals surface area contributed by atoms with Gasteiger partial charge in [0.1, 0.15) is 0 Å². The lowest BCUT2D eigenvalue weighted by atomic mass is 9.72. The molecule has 0 aromatic rings. The smallest absolute Gasteiger partial charge is 0.303 e. The van der Waals surface area contributed by atoms with E-state index in [9.17, 15) is 9.59 Å². The number of hydrogen-bond acceptors (Lipinski definition) is 3. The zero-order valence-corrected chi connectivity index (χ0v) is 9.25. The van der Waals surface area contributed by atoms with Crippen molar-refractivity contribution in [2.24, 2.45) is 5.41 Å². The van der Waals surface area contributed by atoms with Crippen molar-refractivity contribution in [3.05, 3.63) is 0 Å². The summed E-state index contributed by atoms with van der Waals surface area (Å²) in [5.41, 5.74) is -0.127. The first-order chi connectivity index (χ1) is 7.14. The van der Waals surface area contributed by atoms with E-state index in [2.05, 4.69) is 0 Å². The van der Waals surface area contributed by atoms with E-state index in [1.807, 2.05) is 0 Å². The summed E-state index contributed by atoms with van der Waals surface area (Å²) < 4.78 is 5.06. The number of ketones is 1. The van der Waals surface area contributed by atoms with Gasteiger partial charge in [0, 0.05) is 12.3 Å². The fourth-order valence-corrected chi connectivity index (χ4v) is 3.04. The summed E-state index contributed by atoms with van der Waals surface area (Å²) in [4.78, 5) is 23.0. The zero-order chi connectivity index (χ0) is 10.9. The SMILES string of the molecule is CC(=O)OC1CCC2(CCCCC2)C1=O. The van der Waals surface area contributed by atoms with Gasteiger partial charge in [-0.25, -0.2) is 0 Å². The lowest BCUT2D eigenvalue weighted by Gasteiger charge is -2.31. The predicted octanol–water partition coefficient (Wildman–Crippen LogP) is 2.23. The molecule has 84 valence electrons. The Labute approximate surface area is 90.2 Å². The molecule has 3 heteroatoms. The van der Waals surface area contributed by atoms with Gasteiger partial charge in [0.2, 0.25) is 0 Å². The van der Waals surface area contributed by atoms with Crippen molar-refractivity contribution in [1.29, 1.82) is 0 Å². The van der Waals surface area contributed by atoms with Crippen LogP contribution in [0.25, 0.3) is 0 Å². The van der Waals surface area contributed by atoms with Gasteiger partial charge in [0.15, 0.2) is 11.9 Å². The fourth-order valence-electron chi connectivity index (χ4n) is 3.04. The van der Waals surface area contributed by atoms with Crippen molar-refractivity contribution in [1.82, 2.24) is 0 Å². The first kappa shape index (κ1) is 10.7. The molecule has 0 heterocycles. The first-order valence-corrected chi connectivity index (χ1v) is 5.86.